The third-order valence-electron chi connectivity index (χ3n) is 3.39. The van der Waals surface area contributed by atoms with Crippen molar-refractivity contribution in [2.45, 2.75) is 19.5 Å². The molecule has 0 saturated carbocycles. The SMILES string of the molecule is CC(NCc1ccc([N+](=O)[O-])cc1F)c1ccc(C#N)cc1. The monoisotopic (exact) mass is 299 g/mol. The van der Waals surface area contributed by atoms with E-state index in [1.807, 2.05) is 25.1 Å². The van der Waals surface area contributed by atoms with E-state index in [1.54, 1.807) is 12.1 Å². The molecule has 112 valence electrons. The zero-order chi connectivity index (χ0) is 16.1. The second-order valence-electron chi connectivity index (χ2n) is 4.87. The van der Waals surface area contributed by atoms with E-state index in [4.69, 9.17) is 5.26 Å². The number of nitrogens with zero attached hydrogens (tertiary/aromatic N) is 2. The van der Waals surface area contributed by atoms with Crippen molar-refractivity contribution in [2.75, 3.05) is 0 Å². The molecule has 0 fully saturated rings. The number of rotatable bonds is 5. The Morgan fingerprint density at radius 1 is 1.32 bits per heavy atom. The number of nitro groups is 1. The molecule has 0 saturated heterocycles. The van der Waals surface area contributed by atoms with Gasteiger partial charge >= 0.3 is 0 Å². The van der Waals surface area contributed by atoms with Crippen LogP contribution in [0.5, 0.6) is 0 Å². The number of nitriles is 1. The van der Waals surface area contributed by atoms with Crippen LogP contribution in [0.3, 0.4) is 0 Å². The number of nitro benzene ring substituents is 1. The van der Waals surface area contributed by atoms with Gasteiger partial charge in [-0.05, 0) is 30.7 Å². The van der Waals surface area contributed by atoms with Crippen LogP contribution in [0.25, 0.3) is 0 Å². The highest BCUT2D eigenvalue weighted by atomic mass is 19.1. The van der Waals surface area contributed by atoms with Gasteiger partial charge in [0.1, 0.15) is 5.82 Å². The fourth-order valence-electron chi connectivity index (χ4n) is 2.02. The highest BCUT2D eigenvalue weighted by Crippen LogP contribution is 2.18. The minimum Gasteiger partial charge on any atom is -0.306 e. The summed E-state index contributed by atoms with van der Waals surface area (Å²) in [5.74, 6) is -0.603. The molecule has 0 amide bonds. The summed E-state index contributed by atoms with van der Waals surface area (Å²) in [5.41, 5.74) is 1.66. The number of benzene rings is 2. The van der Waals surface area contributed by atoms with Crippen molar-refractivity contribution in [1.82, 2.24) is 5.32 Å². The molecule has 0 bridgehead atoms. The molecule has 22 heavy (non-hydrogen) atoms. The summed E-state index contributed by atoms with van der Waals surface area (Å²) in [6, 6.07) is 12.7. The Labute approximate surface area is 127 Å². The van der Waals surface area contributed by atoms with E-state index in [-0.39, 0.29) is 18.3 Å². The van der Waals surface area contributed by atoms with E-state index in [1.165, 1.54) is 12.1 Å². The van der Waals surface area contributed by atoms with Gasteiger partial charge in [0.05, 0.1) is 22.6 Å². The topological polar surface area (TPSA) is 79.0 Å². The average molecular weight is 299 g/mol. The molecule has 5 nitrogen and oxygen atoms in total. The first-order chi connectivity index (χ1) is 10.5. The fraction of sp³-hybridized carbons (Fsp3) is 0.188. The van der Waals surface area contributed by atoms with Crippen molar-refractivity contribution in [1.29, 1.82) is 5.26 Å². The predicted octanol–water partition coefficient (Wildman–Crippen LogP) is 3.46. The zero-order valence-corrected chi connectivity index (χ0v) is 11.9. The van der Waals surface area contributed by atoms with Crippen LogP contribution in [0.1, 0.15) is 29.7 Å². The number of non-ortho nitro benzene ring substituents is 1. The molecule has 0 aliphatic heterocycles. The van der Waals surface area contributed by atoms with Gasteiger partial charge in [0.25, 0.3) is 5.69 Å². The molecule has 0 aromatic heterocycles. The van der Waals surface area contributed by atoms with Crippen molar-refractivity contribution in [3.05, 3.63) is 75.1 Å². The minimum atomic E-state index is -0.625. The third-order valence-corrected chi connectivity index (χ3v) is 3.39. The molecule has 2 rings (SSSR count). The normalized spacial score (nSPS) is 11.7. The van der Waals surface area contributed by atoms with Crippen LogP contribution in [0.2, 0.25) is 0 Å². The van der Waals surface area contributed by atoms with Gasteiger partial charge in [0.15, 0.2) is 0 Å². The minimum absolute atomic E-state index is 0.0395. The largest absolute Gasteiger partial charge is 0.306 e. The lowest BCUT2D eigenvalue weighted by atomic mass is 10.1. The lowest BCUT2D eigenvalue weighted by Crippen LogP contribution is -2.18. The summed E-state index contributed by atoms with van der Waals surface area (Å²) in [6.07, 6.45) is 0. The second kappa shape index (κ2) is 6.78. The molecular weight excluding hydrogens is 285 g/mol. The summed E-state index contributed by atoms with van der Waals surface area (Å²) >= 11 is 0. The molecule has 0 radical (unpaired) electrons. The van der Waals surface area contributed by atoms with Crippen molar-refractivity contribution in [2.24, 2.45) is 0 Å². The smallest absolute Gasteiger partial charge is 0.272 e. The van der Waals surface area contributed by atoms with Gasteiger partial charge in [0.2, 0.25) is 0 Å². The van der Waals surface area contributed by atoms with Gasteiger partial charge in [-0.1, -0.05) is 12.1 Å². The number of halogens is 1. The van der Waals surface area contributed by atoms with Crippen molar-refractivity contribution >= 4 is 5.69 Å². The van der Waals surface area contributed by atoms with Crippen LogP contribution in [-0.4, -0.2) is 4.92 Å². The van der Waals surface area contributed by atoms with Gasteiger partial charge < -0.3 is 5.32 Å². The standard InChI is InChI=1S/C16H14FN3O2/c1-11(13-4-2-12(9-18)3-5-13)19-10-14-6-7-15(20(21)22)8-16(14)17/h2-8,11,19H,10H2,1H3. The predicted molar refractivity (Wildman–Crippen MR) is 79.5 cm³/mol. The highest BCUT2D eigenvalue weighted by molar-refractivity contribution is 5.35. The number of hydrogen-bond acceptors (Lipinski definition) is 4. The Morgan fingerprint density at radius 3 is 2.55 bits per heavy atom. The first kappa shape index (κ1) is 15.6. The molecule has 0 aliphatic carbocycles. The van der Waals surface area contributed by atoms with Crippen LogP contribution in [0.4, 0.5) is 10.1 Å². The first-order valence-corrected chi connectivity index (χ1v) is 6.67. The summed E-state index contributed by atoms with van der Waals surface area (Å²) in [7, 11) is 0. The Bertz CT molecular complexity index is 723. The van der Waals surface area contributed by atoms with Gasteiger partial charge in [0, 0.05) is 24.2 Å². The lowest BCUT2D eigenvalue weighted by molar-refractivity contribution is -0.385. The lowest BCUT2D eigenvalue weighted by Gasteiger charge is -2.14. The molecule has 1 atom stereocenters. The van der Waals surface area contributed by atoms with Gasteiger partial charge in [-0.2, -0.15) is 5.26 Å². The number of nitrogens with one attached hydrogen (secondary N) is 1. The van der Waals surface area contributed by atoms with Crippen LogP contribution in [0, 0.1) is 27.3 Å². The quantitative estimate of drug-likeness (QED) is 0.677. The van der Waals surface area contributed by atoms with E-state index < -0.39 is 10.7 Å². The maximum absolute atomic E-state index is 13.8. The van der Waals surface area contributed by atoms with E-state index >= 15 is 0 Å². The average Bonchev–Trinajstić information content (AvgIpc) is 2.53. The molecule has 0 spiro atoms. The van der Waals surface area contributed by atoms with E-state index in [9.17, 15) is 14.5 Å². The molecule has 1 N–H and O–H groups in total. The Kier molecular flexibility index (Phi) is 4.81. The first-order valence-electron chi connectivity index (χ1n) is 6.67. The highest BCUT2D eigenvalue weighted by Gasteiger charge is 2.12. The van der Waals surface area contributed by atoms with Crippen molar-refractivity contribution in [3.63, 3.8) is 0 Å². The van der Waals surface area contributed by atoms with E-state index in [2.05, 4.69) is 5.32 Å². The molecule has 0 heterocycles. The van der Waals surface area contributed by atoms with Crippen LogP contribution < -0.4 is 5.32 Å². The van der Waals surface area contributed by atoms with Crippen molar-refractivity contribution < 1.29 is 9.31 Å². The summed E-state index contributed by atoms with van der Waals surface area (Å²) < 4.78 is 13.8. The molecule has 2 aromatic rings. The molecule has 2 aromatic carbocycles. The summed E-state index contributed by atoms with van der Waals surface area (Å²) in [6.45, 7) is 2.18. The molecule has 0 aliphatic rings. The molecule has 1 unspecified atom stereocenters. The second-order valence-corrected chi connectivity index (χ2v) is 4.87. The Hall–Kier alpha value is -2.78. The zero-order valence-electron chi connectivity index (χ0n) is 11.9. The van der Waals surface area contributed by atoms with Crippen molar-refractivity contribution in [3.8, 4) is 6.07 Å². The summed E-state index contributed by atoms with van der Waals surface area (Å²) in [4.78, 5) is 9.94. The Balaban J connectivity index is 2.03. The third kappa shape index (κ3) is 3.65. The maximum atomic E-state index is 13.8. The van der Waals surface area contributed by atoms with Gasteiger partial charge in [-0.25, -0.2) is 4.39 Å². The summed E-state index contributed by atoms with van der Waals surface area (Å²) in [5, 5.41) is 22.5. The Morgan fingerprint density at radius 2 is 2.00 bits per heavy atom. The van der Waals surface area contributed by atoms with Gasteiger partial charge in [-0.15, -0.1) is 0 Å². The van der Waals surface area contributed by atoms with E-state index in [0.29, 0.717) is 11.1 Å². The number of hydrogen-bond donors (Lipinski definition) is 1. The van der Waals surface area contributed by atoms with Crippen LogP contribution in [0.15, 0.2) is 42.5 Å². The molecular formula is C16H14FN3O2. The fourth-order valence-corrected chi connectivity index (χ4v) is 2.02. The van der Waals surface area contributed by atoms with Crippen LogP contribution >= 0.6 is 0 Å². The maximum Gasteiger partial charge on any atom is 0.272 e. The van der Waals surface area contributed by atoms with Crippen LogP contribution in [-0.2, 0) is 6.54 Å². The van der Waals surface area contributed by atoms with Gasteiger partial charge in [-0.3, -0.25) is 10.1 Å². The molecule has 6 heteroatoms. The van der Waals surface area contributed by atoms with E-state index in [0.717, 1.165) is 11.6 Å².